The molecule has 0 aliphatic carbocycles. The Morgan fingerprint density at radius 2 is 1.86 bits per heavy atom. The molecule has 144 valence electrons. The standard InChI is InChI=1S/C21H21N3O3S/c1-15-13-18(21(25)23-22-15)14-16-8-10-19(11-9-16)28(26,27)24-12-4-6-17-5-2-3-7-20(17)24/h2-3,5,7-11,13H,4,6,12,14H2,1H3,(H,23,25). The van der Waals surface area contributed by atoms with Crippen LogP contribution in [0.1, 0.15) is 28.8 Å². The van der Waals surface area contributed by atoms with Crippen LogP contribution in [-0.4, -0.2) is 25.2 Å². The molecule has 0 saturated carbocycles. The second-order valence-electron chi connectivity index (χ2n) is 6.99. The molecule has 0 saturated heterocycles. The maximum absolute atomic E-state index is 13.2. The van der Waals surface area contributed by atoms with Crippen LogP contribution in [0.4, 0.5) is 5.69 Å². The number of para-hydroxylation sites is 1. The average Bonchev–Trinajstić information content (AvgIpc) is 2.71. The van der Waals surface area contributed by atoms with Gasteiger partial charge in [0.1, 0.15) is 0 Å². The largest absolute Gasteiger partial charge is 0.268 e. The Balaban J connectivity index is 1.62. The zero-order chi connectivity index (χ0) is 19.7. The molecule has 1 aliphatic heterocycles. The van der Waals surface area contributed by atoms with Gasteiger partial charge in [-0.2, -0.15) is 5.10 Å². The summed E-state index contributed by atoms with van der Waals surface area (Å²) in [5, 5.41) is 6.34. The molecular formula is C21H21N3O3S. The van der Waals surface area contributed by atoms with Crippen molar-refractivity contribution in [1.29, 1.82) is 0 Å². The van der Waals surface area contributed by atoms with Crippen LogP contribution >= 0.6 is 0 Å². The highest BCUT2D eigenvalue weighted by Gasteiger charge is 2.28. The lowest BCUT2D eigenvalue weighted by atomic mass is 10.0. The van der Waals surface area contributed by atoms with Gasteiger partial charge in [0.15, 0.2) is 0 Å². The quantitative estimate of drug-likeness (QED) is 0.736. The molecule has 0 radical (unpaired) electrons. The molecule has 0 unspecified atom stereocenters. The second-order valence-corrected chi connectivity index (χ2v) is 8.86. The number of rotatable bonds is 4. The highest BCUT2D eigenvalue weighted by molar-refractivity contribution is 7.92. The van der Waals surface area contributed by atoms with Gasteiger partial charge in [-0.1, -0.05) is 30.3 Å². The highest BCUT2D eigenvalue weighted by atomic mass is 32.2. The molecule has 0 bridgehead atoms. The minimum atomic E-state index is -3.62. The third-order valence-corrected chi connectivity index (χ3v) is 6.81. The molecule has 0 fully saturated rings. The van der Waals surface area contributed by atoms with Gasteiger partial charge in [-0.15, -0.1) is 0 Å². The number of nitrogens with zero attached hydrogens (tertiary/aromatic N) is 2. The van der Waals surface area contributed by atoms with E-state index >= 15 is 0 Å². The maximum Gasteiger partial charge on any atom is 0.267 e. The lowest BCUT2D eigenvalue weighted by Crippen LogP contribution is -2.35. The molecule has 3 aromatic rings. The number of aryl methyl sites for hydroxylation is 2. The normalized spacial score (nSPS) is 14.0. The number of hydrogen-bond donors (Lipinski definition) is 1. The van der Waals surface area contributed by atoms with Gasteiger partial charge in [0.25, 0.3) is 15.6 Å². The lowest BCUT2D eigenvalue weighted by Gasteiger charge is -2.30. The SMILES string of the molecule is Cc1cc(Cc2ccc(S(=O)(=O)N3CCCc4ccccc43)cc2)c(=O)[nH]n1. The number of anilines is 1. The Bertz CT molecular complexity index is 1170. The van der Waals surface area contributed by atoms with Gasteiger partial charge < -0.3 is 0 Å². The summed E-state index contributed by atoms with van der Waals surface area (Å²) >= 11 is 0. The number of hydrogen-bond acceptors (Lipinski definition) is 4. The fourth-order valence-corrected chi connectivity index (χ4v) is 5.11. The van der Waals surface area contributed by atoms with Crippen molar-refractivity contribution in [3.05, 3.63) is 87.3 Å². The predicted octanol–water partition coefficient (Wildman–Crippen LogP) is 2.81. The number of nitrogens with one attached hydrogen (secondary N) is 1. The number of H-pyrrole nitrogens is 1. The van der Waals surface area contributed by atoms with Crippen molar-refractivity contribution in [2.45, 2.75) is 31.1 Å². The first kappa shape index (κ1) is 18.4. The first-order chi connectivity index (χ1) is 13.4. The van der Waals surface area contributed by atoms with Crippen LogP contribution in [0.2, 0.25) is 0 Å². The van der Waals surface area contributed by atoms with E-state index in [0.29, 0.717) is 18.5 Å². The summed E-state index contributed by atoms with van der Waals surface area (Å²) in [6, 6.07) is 16.1. The molecule has 2 aromatic carbocycles. The topological polar surface area (TPSA) is 83.1 Å². The predicted molar refractivity (Wildman–Crippen MR) is 108 cm³/mol. The van der Waals surface area contributed by atoms with E-state index in [9.17, 15) is 13.2 Å². The van der Waals surface area contributed by atoms with Crippen molar-refractivity contribution in [2.75, 3.05) is 10.8 Å². The van der Waals surface area contributed by atoms with Crippen LogP contribution < -0.4 is 9.86 Å². The number of fused-ring (bicyclic) bond motifs is 1. The molecule has 1 aromatic heterocycles. The molecule has 1 N–H and O–H groups in total. The van der Waals surface area contributed by atoms with E-state index in [1.807, 2.05) is 31.2 Å². The van der Waals surface area contributed by atoms with Crippen molar-refractivity contribution in [3.8, 4) is 0 Å². The summed E-state index contributed by atoms with van der Waals surface area (Å²) in [6.45, 7) is 2.29. The molecule has 4 rings (SSSR count). The summed E-state index contributed by atoms with van der Waals surface area (Å²) < 4.78 is 27.9. The Kier molecular flexibility index (Phi) is 4.77. The van der Waals surface area contributed by atoms with Gasteiger partial charge in [0.05, 0.1) is 16.3 Å². The molecule has 6 nitrogen and oxygen atoms in total. The van der Waals surface area contributed by atoms with Crippen LogP contribution in [0.3, 0.4) is 0 Å². The maximum atomic E-state index is 13.2. The van der Waals surface area contributed by atoms with E-state index < -0.39 is 10.0 Å². The van der Waals surface area contributed by atoms with Gasteiger partial charge in [-0.25, -0.2) is 13.5 Å². The minimum absolute atomic E-state index is 0.229. The summed E-state index contributed by atoms with van der Waals surface area (Å²) in [4.78, 5) is 12.2. The lowest BCUT2D eigenvalue weighted by molar-refractivity contribution is 0.586. The van der Waals surface area contributed by atoms with E-state index in [1.165, 1.54) is 4.31 Å². The summed E-state index contributed by atoms with van der Waals surface area (Å²) in [5.41, 5.74) is 3.80. The van der Waals surface area contributed by atoms with E-state index in [1.54, 1.807) is 30.3 Å². The third kappa shape index (κ3) is 3.45. The van der Waals surface area contributed by atoms with Crippen molar-refractivity contribution in [3.63, 3.8) is 0 Å². The van der Waals surface area contributed by atoms with Gasteiger partial charge in [0.2, 0.25) is 0 Å². The highest BCUT2D eigenvalue weighted by Crippen LogP contribution is 2.31. The number of sulfonamides is 1. The van der Waals surface area contributed by atoms with E-state index in [0.717, 1.165) is 35.3 Å². The smallest absolute Gasteiger partial charge is 0.267 e. The molecule has 0 spiro atoms. The Morgan fingerprint density at radius 3 is 2.64 bits per heavy atom. The molecule has 7 heteroatoms. The fraction of sp³-hybridized carbons (Fsp3) is 0.238. The summed E-state index contributed by atoms with van der Waals surface area (Å²) in [7, 11) is -3.62. The van der Waals surface area contributed by atoms with E-state index in [2.05, 4.69) is 10.2 Å². The monoisotopic (exact) mass is 395 g/mol. The fourth-order valence-electron chi connectivity index (χ4n) is 3.57. The molecule has 28 heavy (non-hydrogen) atoms. The third-order valence-electron chi connectivity index (χ3n) is 4.98. The van der Waals surface area contributed by atoms with E-state index in [-0.39, 0.29) is 10.5 Å². The zero-order valence-electron chi connectivity index (χ0n) is 15.6. The van der Waals surface area contributed by atoms with Crippen LogP contribution in [-0.2, 0) is 22.9 Å². The number of benzene rings is 2. The first-order valence-corrected chi connectivity index (χ1v) is 10.6. The van der Waals surface area contributed by atoms with Crippen molar-refractivity contribution >= 4 is 15.7 Å². The summed E-state index contributed by atoms with van der Waals surface area (Å²) in [5.74, 6) is 0. The first-order valence-electron chi connectivity index (χ1n) is 9.20. The number of aromatic nitrogens is 2. The van der Waals surface area contributed by atoms with Gasteiger partial charge >= 0.3 is 0 Å². The Hall–Kier alpha value is -2.93. The summed E-state index contributed by atoms with van der Waals surface area (Å²) in [6.07, 6.45) is 2.12. The molecule has 0 atom stereocenters. The van der Waals surface area contributed by atoms with E-state index in [4.69, 9.17) is 0 Å². The molecule has 1 aliphatic rings. The zero-order valence-corrected chi connectivity index (χ0v) is 16.4. The van der Waals surface area contributed by atoms with Gasteiger partial charge in [0, 0.05) is 18.5 Å². The number of aromatic amines is 1. The molecular weight excluding hydrogens is 374 g/mol. The Morgan fingerprint density at radius 1 is 1.11 bits per heavy atom. The van der Waals surface area contributed by atoms with Crippen molar-refractivity contribution in [1.82, 2.24) is 10.2 Å². The van der Waals surface area contributed by atoms with Crippen LogP contribution in [0.5, 0.6) is 0 Å². The molecule has 0 amide bonds. The Labute approximate surface area is 163 Å². The van der Waals surface area contributed by atoms with Crippen LogP contribution in [0, 0.1) is 6.92 Å². The molecule has 2 heterocycles. The second kappa shape index (κ2) is 7.24. The van der Waals surface area contributed by atoms with Gasteiger partial charge in [-0.05, 0) is 55.2 Å². The van der Waals surface area contributed by atoms with Crippen molar-refractivity contribution < 1.29 is 8.42 Å². The van der Waals surface area contributed by atoms with Crippen molar-refractivity contribution in [2.24, 2.45) is 0 Å². The minimum Gasteiger partial charge on any atom is -0.268 e. The average molecular weight is 395 g/mol. The van der Waals surface area contributed by atoms with Crippen LogP contribution in [0.15, 0.2) is 64.3 Å². The van der Waals surface area contributed by atoms with Gasteiger partial charge in [-0.3, -0.25) is 9.10 Å². The van der Waals surface area contributed by atoms with Crippen LogP contribution in [0.25, 0.3) is 0 Å².